The van der Waals surface area contributed by atoms with Crippen molar-refractivity contribution in [1.82, 2.24) is 0 Å². The summed E-state index contributed by atoms with van der Waals surface area (Å²) in [4.78, 5) is 0. The van der Waals surface area contributed by atoms with Crippen molar-refractivity contribution in [3.8, 4) is 0 Å². The molecular formula is C23H42O3. The summed E-state index contributed by atoms with van der Waals surface area (Å²) in [6.07, 6.45) is 16.4. The van der Waals surface area contributed by atoms with Crippen LogP contribution in [0.1, 0.15) is 97.3 Å². The zero-order valence-electron chi connectivity index (χ0n) is 17.2. The molecule has 1 saturated heterocycles. The van der Waals surface area contributed by atoms with Crippen LogP contribution in [0.15, 0.2) is 0 Å². The van der Waals surface area contributed by atoms with Crippen LogP contribution >= 0.6 is 0 Å². The second-order valence-corrected chi connectivity index (χ2v) is 9.42. The molecule has 0 aromatic carbocycles. The summed E-state index contributed by atoms with van der Waals surface area (Å²) in [5.41, 5.74) is 0. The highest BCUT2D eigenvalue weighted by Gasteiger charge is 2.32. The molecule has 1 aliphatic heterocycles. The van der Waals surface area contributed by atoms with Crippen molar-refractivity contribution < 1.29 is 14.6 Å². The van der Waals surface area contributed by atoms with E-state index >= 15 is 0 Å². The molecule has 0 radical (unpaired) electrons. The molecule has 3 nitrogen and oxygen atoms in total. The van der Waals surface area contributed by atoms with Crippen molar-refractivity contribution in [3.05, 3.63) is 0 Å². The Bertz CT molecular complexity index is 377. The zero-order chi connectivity index (χ0) is 18.4. The summed E-state index contributed by atoms with van der Waals surface area (Å²) in [6, 6.07) is 0. The number of aliphatic hydroxyl groups is 1. The van der Waals surface area contributed by atoms with Gasteiger partial charge in [0.15, 0.2) is 6.29 Å². The molecule has 3 rings (SSSR count). The molecule has 3 aliphatic rings. The zero-order valence-corrected chi connectivity index (χ0v) is 17.2. The van der Waals surface area contributed by atoms with E-state index in [2.05, 4.69) is 13.8 Å². The van der Waals surface area contributed by atoms with Gasteiger partial charge in [-0.1, -0.05) is 20.3 Å². The van der Waals surface area contributed by atoms with Gasteiger partial charge >= 0.3 is 0 Å². The third-order valence-electron chi connectivity index (χ3n) is 7.61. The molecule has 0 bridgehead atoms. The van der Waals surface area contributed by atoms with Crippen molar-refractivity contribution in [2.45, 2.75) is 116 Å². The molecule has 2 aliphatic carbocycles. The first kappa shape index (κ1) is 20.6. The Morgan fingerprint density at radius 2 is 1.62 bits per heavy atom. The molecule has 0 spiro atoms. The monoisotopic (exact) mass is 366 g/mol. The number of ether oxygens (including phenoxy) is 2. The van der Waals surface area contributed by atoms with Gasteiger partial charge in [-0.05, 0) is 101 Å². The normalized spacial score (nSPS) is 38.7. The standard InChI is InChI=1S/C23H42O3/c1-3-18(16-17(2)19-7-11-21(24)12-8-19)20-9-13-22(14-10-20)26-23-6-4-5-15-25-23/h17-24H,3-16H2,1-2H3. The summed E-state index contributed by atoms with van der Waals surface area (Å²) >= 11 is 0. The van der Waals surface area contributed by atoms with Gasteiger partial charge in [0.05, 0.1) is 12.2 Å². The lowest BCUT2D eigenvalue weighted by Crippen LogP contribution is -2.32. The lowest BCUT2D eigenvalue weighted by Gasteiger charge is -2.38. The van der Waals surface area contributed by atoms with Gasteiger partial charge in [0.1, 0.15) is 0 Å². The van der Waals surface area contributed by atoms with E-state index in [0.29, 0.717) is 6.10 Å². The van der Waals surface area contributed by atoms with Gasteiger partial charge in [-0.3, -0.25) is 0 Å². The average molecular weight is 367 g/mol. The van der Waals surface area contributed by atoms with E-state index < -0.39 is 0 Å². The van der Waals surface area contributed by atoms with Crippen molar-refractivity contribution in [2.24, 2.45) is 23.7 Å². The molecule has 0 amide bonds. The number of hydrogen-bond acceptors (Lipinski definition) is 3. The van der Waals surface area contributed by atoms with Gasteiger partial charge in [-0.15, -0.1) is 0 Å². The maximum atomic E-state index is 9.76. The molecule has 1 N–H and O–H groups in total. The van der Waals surface area contributed by atoms with Crippen molar-refractivity contribution in [1.29, 1.82) is 0 Å². The number of rotatable bonds is 7. The van der Waals surface area contributed by atoms with Crippen LogP contribution in [0.25, 0.3) is 0 Å². The quantitative estimate of drug-likeness (QED) is 0.629. The third-order valence-corrected chi connectivity index (χ3v) is 7.61. The maximum absolute atomic E-state index is 9.76. The minimum atomic E-state index is -0.0242. The highest BCUT2D eigenvalue weighted by Crippen LogP contribution is 2.40. The van der Waals surface area contributed by atoms with Crippen LogP contribution in [0.2, 0.25) is 0 Å². The van der Waals surface area contributed by atoms with E-state index in [0.717, 1.165) is 49.5 Å². The predicted octanol–water partition coefficient (Wildman–Crippen LogP) is 5.69. The van der Waals surface area contributed by atoms with Crippen LogP contribution in [0, 0.1) is 23.7 Å². The molecule has 3 fully saturated rings. The van der Waals surface area contributed by atoms with Gasteiger partial charge in [0, 0.05) is 6.61 Å². The van der Waals surface area contributed by atoms with Crippen LogP contribution in [-0.4, -0.2) is 30.2 Å². The van der Waals surface area contributed by atoms with E-state index in [-0.39, 0.29) is 12.4 Å². The largest absolute Gasteiger partial charge is 0.393 e. The highest BCUT2D eigenvalue weighted by molar-refractivity contribution is 4.82. The summed E-state index contributed by atoms with van der Waals surface area (Å²) in [6.45, 7) is 5.74. The molecule has 0 aromatic rings. The van der Waals surface area contributed by atoms with E-state index in [4.69, 9.17) is 9.47 Å². The molecule has 3 heteroatoms. The lowest BCUT2D eigenvalue weighted by molar-refractivity contribution is -0.195. The van der Waals surface area contributed by atoms with E-state index in [1.54, 1.807) is 0 Å². The van der Waals surface area contributed by atoms with Crippen molar-refractivity contribution in [2.75, 3.05) is 6.61 Å². The molecular weight excluding hydrogens is 324 g/mol. The number of aliphatic hydroxyl groups excluding tert-OH is 1. The van der Waals surface area contributed by atoms with Crippen LogP contribution in [0.5, 0.6) is 0 Å². The Kier molecular flexibility index (Phi) is 8.27. The summed E-state index contributed by atoms with van der Waals surface area (Å²) in [5.74, 6) is 3.43. The Morgan fingerprint density at radius 1 is 0.923 bits per heavy atom. The first-order valence-electron chi connectivity index (χ1n) is 11.6. The van der Waals surface area contributed by atoms with Crippen molar-refractivity contribution in [3.63, 3.8) is 0 Å². The Hall–Kier alpha value is -0.120. The third kappa shape index (κ3) is 5.94. The molecule has 2 saturated carbocycles. The first-order chi connectivity index (χ1) is 12.7. The van der Waals surface area contributed by atoms with Crippen LogP contribution in [0.3, 0.4) is 0 Å². The molecule has 1 heterocycles. The molecule has 26 heavy (non-hydrogen) atoms. The fraction of sp³-hybridized carbons (Fsp3) is 1.00. The second kappa shape index (κ2) is 10.4. The highest BCUT2D eigenvalue weighted by atomic mass is 16.7. The smallest absolute Gasteiger partial charge is 0.157 e. The van der Waals surface area contributed by atoms with Gasteiger partial charge in [-0.2, -0.15) is 0 Å². The average Bonchev–Trinajstić information content (AvgIpc) is 2.68. The Balaban J connectivity index is 1.40. The number of hydrogen-bond donors (Lipinski definition) is 1. The minimum absolute atomic E-state index is 0.0242. The molecule has 152 valence electrons. The Labute approximate surface area is 161 Å². The van der Waals surface area contributed by atoms with Gasteiger partial charge in [0.2, 0.25) is 0 Å². The fourth-order valence-electron chi connectivity index (χ4n) is 5.76. The summed E-state index contributed by atoms with van der Waals surface area (Å²) in [5, 5.41) is 9.76. The van der Waals surface area contributed by atoms with Gasteiger partial charge in [0.25, 0.3) is 0 Å². The molecule has 0 aromatic heterocycles. The van der Waals surface area contributed by atoms with E-state index in [9.17, 15) is 5.11 Å². The lowest BCUT2D eigenvalue weighted by atomic mass is 9.70. The predicted molar refractivity (Wildman–Crippen MR) is 106 cm³/mol. The Morgan fingerprint density at radius 3 is 2.23 bits per heavy atom. The SMILES string of the molecule is CCC(CC(C)C1CCC(O)CC1)C1CCC(OC2CCCCO2)CC1. The fourth-order valence-corrected chi connectivity index (χ4v) is 5.76. The summed E-state index contributed by atoms with van der Waals surface area (Å²) in [7, 11) is 0. The first-order valence-corrected chi connectivity index (χ1v) is 11.6. The minimum Gasteiger partial charge on any atom is -0.393 e. The van der Waals surface area contributed by atoms with Gasteiger partial charge < -0.3 is 14.6 Å². The molecule has 3 unspecified atom stereocenters. The van der Waals surface area contributed by atoms with Crippen LogP contribution < -0.4 is 0 Å². The summed E-state index contributed by atoms with van der Waals surface area (Å²) < 4.78 is 12.0. The van der Waals surface area contributed by atoms with Crippen LogP contribution in [0.4, 0.5) is 0 Å². The van der Waals surface area contributed by atoms with Crippen LogP contribution in [-0.2, 0) is 9.47 Å². The van der Waals surface area contributed by atoms with Gasteiger partial charge in [-0.25, -0.2) is 0 Å². The van der Waals surface area contributed by atoms with E-state index in [1.165, 1.54) is 64.2 Å². The molecule has 3 atom stereocenters. The van der Waals surface area contributed by atoms with E-state index in [1.807, 2.05) is 0 Å². The second-order valence-electron chi connectivity index (χ2n) is 9.42. The van der Waals surface area contributed by atoms with Crippen molar-refractivity contribution >= 4 is 0 Å². The maximum Gasteiger partial charge on any atom is 0.157 e. The topological polar surface area (TPSA) is 38.7 Å².